The Morgan fingerprint density at radius 2 is 2.44 bits per heavy atom. The van der Waals surface area contributed by atoms with Crippen LogP contribution >= 0.6 is 11.3 Å². The molecule has 1 aliphatic rings. The molecule has 1 aromatic heterocycles. The number of thiazole rings is 1. The third kappa shape index (κ3) is 2.21. The van der Waals surface area contributed by atoms with E-state index >= 15 is 0 Å². The number of anilines is 1. The van der Waals surface area contributed by atoms with Gasteiger partial charge < -0.3 is 14.7 Å². The molecular formula is C11H18N2O2S. The first-order valence-electron chi connectivity index (χ1n) is 5.58. The van der Waals surface area contributed by atoms with Crippen LogP contribution < -0.4 is 4.90 Å². The highest BCUT2D eigenvalue weighted by atomic mass is 32.1. The molecule has 0 spiro atoms. The van der Waals surface area contributed by atoms with Crippen LogP contribution in [0.25, 0.3) is 0 Å². The second-order valence-electron chi connectivity index (χ2n) is 4.26. The lowest BCUT2D eigenvalue weighted by Gasteiger charge is -2.26. The number of nitrogens with zero attached hydrogens (tertiary/aromatic N) is 2. The van der Waals surface area contributed by atoms with E-state index in [0.29, 0.717) is 6.04 Å². The molecule has 1 aromatic rings. The molecule has 4 nitrogen and oxygen atoms in total. The largest absolute Gasteiger partial charge is 0.388 e. The maximum atomic E-state index is 9.46. The molecule has 0 saturated carbocycles. The van der Waals surface area contributed by atoms with Crippen molar-refractivity contribution in [2.45, 2.75) is 38.5 Å². The fourth-order valence-electron chi connectivity index (χ4n) is 2.00. The van der Waals surface area contributed by atoms with Gasteiger partial charge in [0.2, 0.25) is 0 Å². The quantitative estimate of drug-likeness (QED) is 0.878. The molecular weight excluding hydrogens is 224 g/mol. The molecule has 0 amide bonds. The maximum Gasteiger partial charge on any atom is 0.185 e. The van der Waals surface area contributed by atoms with Crippen molar-refractivity contribution >= 4 is 16.5 Å². The summed E-state index contributed by atoms with van der Waals surface area (Å²) in [6.45, 7) is 4.68. The molecule has 2 heterocycles. The topological polar surface area (TPSA) is 45.6 Å². The standard InChI is InChI=1S/C11H18N2O2S/c1-7(14)10-6-12-11(16-10)13(3)9-4-5-15-8(9)2/h6-9,14H,4-5H2,1-3H3. The summed E-state index contributed by atoms with van der Waals surface area (Å²) >= 11 is 1.55. The van der Waals surface area contributed by atoms with Crippen LogP contribution in [0, 0.1) is 0 Å². The SMILES string of the molecule is CC(O)c1cnc(N(C)C2CCOC2C)s1. The van der Waals surface area contributed by atoms with Gasteiger partial charge in [0.05, 0.1) is 23.1 Å². The lowest BCUT2D eigenvalue weighted by molar-refractivity contribution is 0.118. The Morgan fingerprint density at radius 1 is 1.69 bits per heavy atom. The predicted molar refractivity (Wildman–Crippen MR) is 65.0 cm³/mol. The summed E-state index contributed by atoms with van der Waals surface area (Å²) in [6.07, 6.45) is 2.61. The van der Waals surface area contributed by atoms with Crippen LogP contribution in [0.1, 0.15) is 31.2 Å². The molecule has 0 aromatic carbocycles. The van der Waals surface area contributed by atoms with Gasteiger partial charge in [-0.1, -0.05) is 11.3 Å². The smallest absolute Gasteiger partial charge is 0.185 e. The van der Waals surface area contributed by atoms with E-state index in [4.69, 9.17) is 4.74 Å². The first kappa shape index (κ1) is 11.8. The van der Waals surface area contributed by atoms with Gasteiger partial charge in [0.1, 0.15) is 0 Å². The molecule has 5 heteroatoms. The third-order valence-corrected chi connectivity index (χ3v) is 4.32. The molecule has 2 rings (SSSR count). The van der Waals surface area contributed by atoms with E-state index in [-0.39, 0.29) is 6.10 Å². The summed E-state index contributed by atoms with van der Waals surface area (Å²) in [5, 5.41) is 10.4. The van der Waals surface area contributed by atoms with E-state index in [1.165, 1.54) is 0 Å². The zero-order valence-electron chi connectivity index (χ0n) is 9.88. The molecule has 1 N–H and O–H groups in total. The lowest BCUT2D eigenvalue weighted by atomic mass is 10.1. The van der Waals surface area contributed by atoms with Crippen molar-refractivity contribution in [2.75, 3.05) is 18.6 Å². The van der Waals surface area contributed by atoms with Gasteiger partial charge in [-0.05, 0) is 20.3 Å². The number of hydrogen-bond donors (Lipinski definition) is 1. The number of hydrogen-bond acceptors (Lipinski definition) is 5. The molecule has 3 atom stereocenters. The second kappa shape index (κ2) is 4.69. The molecule has 1 aliphatic heterocycles. The first-order chi connectivity index (χ1) is 7.59. The van der Waals surface area contributed by atoms with Gasteiger partial charge in [-0.2, -0.15) is 0 Å². The fraction of sp³-hybridized carbons (Fsp3) is 0.727. The Kier molecular flexibility index (Phi) is 3.47. The Hall–Kier alpha value is -0.650. The van der Waals surface area contributed by atoms with Crippen LogP contribution in [-0.4, -0.2) is 35.9 Å². The second-order valence-corrected chi connectivity index (χ2v) is 5.30. The molecule has 0 aliphatic carbocycles. The number of aromatic nitrogens is 1. The van der Waals surface area contributed by atoms with Gasteiger partial charge in [-0.3, -0.25) is 0 Å². The predicted octanol–water partition coefficient (Wildman–Crippen LogP) is 1.81. The highest BCUT2D eigenvalue weighted by Crippen LogP contribution is 2.30. The van der Waals surface area contributed by atoms with Gasteiger partial charge >= 0.3 is 0 Å². The van der Waals surface area contributed by atoms with Crippen LogP contribution in [0.3, 0.4) is 0 Å². The van der Waals surface area contributed by atoms with E-state index in [1.54, 1.807) is 24.5 Å². The Morgan fingerprint density at radius 3 is 2.94 bits per heavy atom. The van der Waals surface area contributed by atoms with Crippen LogP contribution in [0.5, 0.6) is 0 Å². The summed E-state index contributed by atoms with van der Waals surface area (Å²) in [7, 11) is 2.04. The third-order valence-electron chi connectivity index (χ3n) is 3.06. The molecule has 3 unspecified atom stereocenters. The monoisotopic (exact) mass is 242 g/mol. The Labute approximate surface area is 99.9 Å². The maximum absolute atomic E-state index is 9.46. The highest BCUT2D eigenvalue weighted by molar-refractivity contribution is 7.15. The molecule has 90 valence electrons. The van der Waals surface area contributed by atoms with Crippen molar-refractivity contribution < 1.29 is 9.84 Å². The van der Waals surface area contributed by atoms with Gasteiger partial charge in [0.15, 0.2) is 5.13 Å². The average molecular weight is 242 g/mol. The molecule has 0 bridgehead atoms. The number of rotatable bonds is 3. The van der Waals surface area contributed by atoms with Gasteiger partial charge in [0, 0.05) is 19.9 Å². The average Bonchev–Trinajstić information content (AvgIpc) is 2.84. The zero-order chi connectivity index (χ0) is 11.7. The van der Waals surface area contributed by atoms with Crippen molar-refractivity contribution in [1.29, 1.82) is 0 Å². The molecule has 1 fully saturated rings. The summed E-state index contributed by atoms with van der Waals surface area (Å²) in [6, 6.07) is 0.396. The van der Waals surface area contributed by atoms with Crippen LogP contribution in [0.4, 0.5) is 5.13 Å². The van der Waals surface area contributed by atoms with Gasteiger partial charge in [0.25, 0.3) is 0 Å². The van der Waals surface area contributed by atoms with E-state index in [0.717, 1.165) is 23.0 Å². The van der Waals surface area contributed by atoms with Crippen LogP contribution in [-0.2, 0) is 4.74 Å². The first-order valence-corrected chi connectivity index (χ1v) is 6.39. The minimum atomic E-state index is -0.433. The molecule has 0 radical (unpaired) electrons. The van der Waals surface area contributed by atoms with Crippen LogP contribution in [0.15, 0.2) is 6.20 Å². The van der Waals surface area contributed by atoms with E-state index in [2.05, 4.69) is 16.8 Å². The normalized spacial score (nSPS) is 27.0. The van der Waals surface area contributed by atoms with Crippen LogP contribution in [0.2, 0.25) is 0 Å². The van der Waals surface area contributed by atoms with Crippen molar-refractivity contribution in [3.8, 4) is 0 Å². The van der Waals surface area contributed by atoms with E-state index in [1.807, 2.05) is 7.05 Å². The van der Waals surface area contributed by atoms with Crippen molar-refractivity contribution in [1.82, 2.24) is 4.98 Å². The number of likely N-dealkylation sites (N-methyl/N-ethyl adjacent to an activating group) is 1. The number of aliphatic hydroxyl groups excluding tert-OH is 1. The van der Waals surface area contributed by atoms with Gasteiger partial charge in [-0.15, -0.1) is 0 Å². The Bertz CT molecular complexity index is 354. The summed E-state index contributed by atoms with van der Waals surface area (Å²) < 4.78 is 5.55. The fourth-order valence-corrected chi connectivity index (χ4v) is 2.88. The van der Waals surface area contributed by atoms with Crippen molar-refractivity contribution in [3.05, 3.63) is 11.1 Å². The van der Waals surface area contributed by atoms with Gasteiger partial charge in [-0.25, -0.2) is 4.98 Å². The van der Waals surface area contributed by atoms with E-state index < -0.39 is 6.10 Å². The van der Waals surface area contributed by atoms with E-state index in [9.17, 15) is 5.11 Å². The Balaban J connectivity index is 2.10. The summed E-state index contributed by atoms with van der Waals surface area (Å²) in [5.41, 5.74) is 0. The number of aliphatic hydroxyl groups is 1. The summed E-state index contributed by atoms with van der Waals surface area (Å²) in [4.78, 5) is 7.42. The van der Waals surface area contributed by atoms with Crippen molar-refractivity contribution in [2.24, 2.45) is 0 Å². The minimum absolute atomic E-state index is 0.254. The highest BCUT2D eigenvalue weighted by Gasteiger charge is 2.29. The molecule has 1 saturated heterocycles. The van der Waals surface area contributed by atoms with Crippen molar-refractivity contribution in [3.63, 3.8) is 0 Å². The minimum Gasteiger partial charge on any atom is -0.388 e. The molecule has 16 heavy (non-hydrogen) atoms. The zero-order valence-corrected chi connectivity index (χ0v) is 10.7. The number of ether oxygens (including phenoxy) is 1. The summed E-state index contributed by atoms with van der Waals surface area (Å²) in [5.74, 6) is 0. The lowest BCUT2D eigenvalue weighted by Crippen LogP contribution is -2.36.